The lowest BCUT2D eigenvalue weighted by Gasteiger charge is -2.32. The van der Waals surface area contributed by atoms with Crippen LogP contribution in [-0.4, -0.2) is 46.5 Å². The number of sulfonamides is 1. The Morgan fingerprint density at radius 1 is 1.29 bits per heavy atom. The van der Waals surface area contributed by atoms with Gasteiger partial charge in [0.2, 0.25) is 9.47 Å². The summed E-state index contributed by atoms with van der Waals surface area (Å²) in [4.78, 5) is 0. The van der Waals surface area contributed by atoms with Crippen molar-refractivity contribution < 1.29 is 8.42 Å². The third-order valence-corrected chi connectivity index (χ3v) is 6.53. The van der Waals surface area contributed by atoms with E-state index in [1.54, 1.807) is 11.8 Å². The minimum absolute atomic E-state index is 0.0127. The van der Waals surface area contributed by atoms with Crippen LogP contribution in [0.2, 0.25) is 0 Å². The maximum atomic E-state index is 12.3. The van der Waals surface area contributed by atoms with Crippen LogP contribution in [0.3, 0.4) is 0 Å². The zero-order chi connectivity index (χ0) is 12.6. The van der Waals surface area contributed by atoms with E-state index in [1.165, 1.54) is 4.31 Å². The predicted octanol–water partition coefficient (Wildman–Crippen LogP) is 0.635. The molecule has 2 atom stereocenters. The van der Waals surface area contributed by atoms with Crippen LogP contribution in [0, 0.1) is 0 Å². The second kappa shape index (κ2) is 4.71. The summed E-state index contributed by atoms with van der Waals surface area (Å²) in [5.41, 5.74) is 5.42. The van der Waals surface area contributed by atoms with E-state index in [9.17, 15) is 8.42 Å². The molecule has 1 aliphatic rings. The molecule has 0 amide bonds. The first-order valence-corrected chi connectivity index (χ1v) is 8.34. The molecule has 0 bridgehead atoms. The normalized spacial score (nSPS) is 27.2. The lowest BCUT2D eigenvalue weighted by atomic mass is 10.4. The fraction of sp³-hybridized carbons (Fsp3) is 0.750. The second-order valence-electron chi connectivity index (χ2n) is 3.99. The largest absolute Gasteiger partial charge is 0.374 e. The van der Waals surface area contributed by atoms with E-state index in [2.05, 4.69) is 10.2 Å². The summed E-state index contributed by atoms with van der Waals surface area (Å²) in [5, 5.41) is 7.93. The Balaban J connectivity index is 2.26. The van der Waals surface area contributed by atoms with E-state index >= 15 is 0 Å². The molecule has 2 N–H and O–H groups in total. The zero-order valence-electron chi connectivity index (χ0n) is 9.53. The van der Waals surface area contributed by atoms with Gasteiger partial charge in [-0.2, -0.15) is 16.1 Å². The lowest BCUT2D eigenvalue weighted by molar-refractivity contribution is 0.404. The maximum absolute atomic E-state index is 12.3. The first-order chi connectivity index (χ1) is 7.89. The molecule has 1 aromatic rings. The first-order valence-electron chi connectivity index (χ1n) is 5.14. The van der Waals surface area contributed by atoms with Crippen molar-refractivity contribution in [3.8, 4) is 0 Å². The van der Waals surface area contributed by atoms with Crippen molar-refractivity contribution >= 4 is 38.3 Å². The molecule has 17 heavy (non-hydrogen) atoms. The highest BCUT2D eigenvalue weighted by molar-refractivity contribution is 8.00. The molecule has 0 saturated carbocycles. The average Bonchev–Trinajstić information content (AvgIpc) is 2.64. The molecule has 2 heterocycles. The smallest absolute Gasteiger partial charge is 0.272 e. The number of thioether (sulfide) groups is 1. The van der Waals surface area contributed by atoms with Gasteiger partial charge in [0.05, 0.1) is 0 Å². The highest BCUT2D eigenvalue weighted by atomic mass is 32.2. The summed E-state index contributed by atoms with van der Waals surface area (Å²) in [6.45, 7) is 5.07. The van der Waals surface area contributed by atoms with Crippen molar-refractivity contribution in [2.75, 3.05) is 18.8 Å². The van der Waals surface area contributed by atoms with Gasteiger partial charge in [0.25, 0.3) is 10.0 Å². The summed E-state index contributed by atoms with van der Waals surface area (Å²) in [7, 11) is -3.52. The van der Waals surface area contributed by atoms with Gasteiger partial charge in [-0.1, -0.05) is 25.2 Å². The molecule has 0 aliphatic carbocycles. The van der Waals surface area contributed by atoms with Gasteiger partial charge < -0.3 is 5.73 Å². The van der Waals surface area contributed by atoms with E-state index in [-0.39, 0.29) is 9.47 Å². The van der Waals surface area contributed by atoms with E-state index < -0.39 is 10.0 Å². The Morgan fingerprint density at radius 2 is 1.88 bits per heavy atom. The highest BCUT2D eigenvalue weighted by Gasteiger charge is 2.34. The second-order valence-corrected chi connectivity index (χ2v) is 8.99. The fourth-order valence-corrected chi connectivity index (χ4v) is 5.82. The summed E-state index contributed by atoms with van der Waals surface area (Å²) in [6, 6.07) is 0. The van der Waals surface area contributed by atoms with E-state index in [4.69, 9.17) is 5.73 Å². The topological polar surface area (TPSA) is 89.2 Å². The van der Waals surface area contributed by atoms with Gasteiger partial charge in [0, 0.05) is 23.6 Å². The van der Waals surface area contributed by atoms with Gasteiger partial charge in [-0.3, -0.25) is 0 Å². The van der Waals surface area contributed by atoms with Crippen molar-refractivity contribution in [1.29, 1.82) is 0 Å². The molecule has 1 aliphatic heterocycles. The van der Waals surface area contributed by atoms with Crippen LogP contribution in [0.1, 0.15) is 13.8 Å². The molecule has 0 aromatic carbocycles. The van der Waals surface area contributed by atoms with Crippen molar-refractivity contribution in [3.63, 3.8) is 0 Å². The van der Waals surface area contributed by atoms with E-state index in [0.717, 1.165) is 11.3 Å². The van der Waals surface area contributed by atoms with Crippen LogP contribution in [0.15, 0.2) is 4.34 Å². The third kappa shape index (κ3) is 2.72. The number of hydrogen-bond acceptors (Lipinski definition) is 7. The Bertz CT molecular complexity index is 491. The van der Waals surface area contributed by atoms with Crippen molar-refractivity contribution in [3.05, 3.63) is 0 Å². The SMILES string of the molecule is CC1CN(S(=O)(=O)c2nnc(N)s2)CC(C)S1. The Labute approximate surface area is 109 Å². The monoisotopic (exact) mass is 294 g/mol. The predicted molar refractivity (Wildman–Crippen MR) is 69.6 cm³/mol. The fourth-order valence-electron chi connectivity index (χ4n) is 1.76. The summed E-state index contributed by atoms with van der Waals surface area (Å²) >= 11 is 2.71. The molecule has 1 aromatic heterocycles. The quantitative estimate of drug-likeness (QED) is 0.861. The first kappa shape index (κ1) is 13.1. The van der Waals surface area contributed by atoms with Crippen molar-refractivity contribution in [1.82, 2.24) is 14.5 Å². The van der Waals surface area contributed by atoms with Crippen LogP contribution >= 0.6 is 23.1 Å². The zero-order valence-corrected chi connectivity index (χ0v) is 12.0. The lowest BCUT2D eigenvalue weighted by Crippen LogP contribution is -2.43. The van der Waals surface area contributed by atoms with Gasteiger partial charge >= 0.3 is 0 Å². The van der Waals surface area contributed by atoms with Crippen molar-refractivity contribution in [2.24, 2.45) is 0 Å². The number of hydrogen-bond donors (Lipinski definition) is 1. The summed E-state index contributed by atoms with van der Waals surface area (Å²) in [5.74, 6) is 0. The maximum Gasteiger partial charge on any atom is 0.272 e. The number of anilines is 1. The van der Waals surface area contributed by atoms with Crippen LogP contribution in [0.4, 0.5) is 5.13 Å². The van der Waals surface area contributed by atoms with Gasteiger partial charge in [0.1, 0.15) is 0 Å². The molecule has 1 fully saturated rings. The van der Waals surface area contributed by atoms with Gasteiger partial charge in [0.15, 0.2) is 0 Å². The van der Waals surface area contributed by atoms with Crippen LogP contribution < -0.4 is 5.73 Å². The molecule has 9 heteroatoms. The van der Waals surface area contributed by atoms with Crippen LogP contribution in [-0.2, 0) is 10.0 Å². The highest BCUT2D eigenvalue weighted by Crippen LogP contribution is 2.29. The molecular weight excluding hydrogens is 280 g/mol. The number of nitrogens with two attached hydrogens (primary N) is 1. The molecule has 2 rings (SSSR count). The number of nitrogens with zero attached hydrogens (tertiary/aromatic N) is 3. The molecule has 96 valence electrons. The Morgan fingerprint density at radius 3 is 2.35 bits per heavy atom. The Hall–Kier alpha value is -0.380. The van der Waals surface area contributed by atoms with E-state index in [0.29, 0.717) is 23.6 Å². The molecule has 2 unspecified atom stereocenters. The Kier molecular flexibility index (Phi) is 3.62. The summed E-state index contributed by atoms with van der Waals surface area (Å²) < 4.78 is 26.0. The average molecular weight is 294 g/mol. The number of nitrogen functional groups attached to an aromatic ring is 1. The van der Waals surface area contributed by atoms with Crippen molar-refractivity contribution in [2.45, 2.75) is 28.7 Å². The van der Waals surface area contributed by atoms with Crippen LogP contribution in [0.5, 0.6) is 0 Å². The molecule has 0 spiro atoms. The van der Waals surface area contributed by atoms with Gasteiger partial charge in [-0.15, -0.1) is 10.2 Å². The number of rotatable bonds is 2. The van der Waals surface area contributed by atoms with Crippen LogP contribution in [0.25, 0.3) is 0 Å². The molecule has 6 nitrogen and oxygen atoms in total. The molecule has 0 radical (unpaired) electrons. The minimum Gasteiger partial charge on any atom is -0.374 e. The molecular formula is C8H14N4O2S3. The summed E-state index contributed by atoms with van der Waals surface area (Å²) in [6.07, 6.45) is 0. The van der Waals surface area contributed by atoms with Gasteiger partial charge in [-0.25, -0.2) is 8.42 Å². The number of aromatic nitrogens is 2. The standard InChI is InChI=1S/C8H14N4O2S3/c1-5-3-12(4-6(2)15-5)17(13,14)8-11-10-7(9)16-8/h5-6H,3-4H2,1-2H3,(H2,9,10). The van der Waals surface area contributed by atoms with Gasteiger partial charge in [-0.05, 0) is 0 Å². The minimum atomic E-state index is -3.52. The van der Waals surface area contributed by atoms with E-state index in [1.807, 2.05) is 13.8 Å². The molecule has 1 saturated heterocycles. The third-order valence-electron chi connectivity index (χ3n) is 2.37.